The molecule has 1 heterocycles. The van der Waals surface area contributed by atoms with Crippen molar-refractivity contribution in [1.29, 1.82) is 0 Å². The quantitative estimate of drug-likeness (QED) is 0.533. The highest BCUT2D eigenvalue weighted by molar-refractivity contribution is 5.70. The van der Waals surface area contributed by atoms with E-state index in [1.165, 1.54) is 0 Å². The number of carbonyl (C=O) groups is 2. The van der Waals surface area contributed by atoms with Crippen LogP contribution >= 0.6 is 0 Å². The summed E-state index contributed by atoms with van der Waals surface area (Å²) in [6.45, 7) is 6.43. The number of piperidine rings is 1. The fourth-order valence-electron chi connectivity index (χ4n) is 4.02. The van der Waals surface area contributed by atoms with Gasteiger partial charge in [-0.15, -0.1) is 0 Å². The summed E-state index contributed by atoms with van der Waals surface area (Å²) in [4.78, 5) is 22.1. The maximum absolute atomic E-state index is 11.7. The third-order valence-electron chi connectivity index (χ3n) is 4.86. The van der Waals surface area contributed by atoms with Gasteiger partial charge in [0, 0.05) is 18.0 Å². The lowest BCUT2D eigenvalue weighted by atomic mass is 9.73. The van der Waals surface area contributed by atoms with Crippen LogP contribution in [-0.2, 0) is 9.59 Å². The minimum atomic E-state index is -0.737. The number of nitrogens with one attached hydrogen (secondary N) is 1. The molecule has 5 nitrogen and oxygen atoms in total. The van der Waals surface area contributed by atoms with E-state index in [1.54, 1.807) is 0 Å². The SMILES string of the molecule is CC1CC(C(CCCCCCCC(=O)O)C(=O)O)CC(C)(C)N1. The molecule has 0 aromatic rings. The van der Waals surface area contributed by atoms with Crippen LogP contribution in [0.5, 0.6) is 0 Å². The number of hydrogen-bond acceptors (Lipinski definition) is 3. The highest BCUT2D eigenvalue weighted by Crippen LogP contribution is 2.35. The second-order valence-corrected chi connectivity index (χ2v) is 7.77. The van der Waals surface area contributed by atoms with E-state index in [0.29, 0.717) is 6.04 Å². The summed E-state index contributed by atoms with van der Waals surface area (Å²) >= 11 is 0. The minimum absolute atomic E-state index is 0.00681. The monoisotopic (exact) mass is 327 g/mol. The summed E-state index contributed by atoms with van der Waals surface area (Å²) in [7, 11) is 0. The first-order valence-corrected chi connectivity index (χ1v) is 8.93. The van der Waals surface area contributed by atoms with Crippen molar-refractivity contribution in [1.82, 2.24) is 5.32 Å². The third-order valence-corrected chi connectivity index (χ3v) is 4.86. The van der Waals surface area contributed by atoms with Crippen LogP contribution in [0.25, 0.3) is 0 Å². The lowest BCUT2D eigenvalue weighted by Gasteiger charge is -2.42. The lowest BCUT2D eigenvalue weighted by Crippen LogP contribution is -2.52. The molecule has 0 saturated carbocycles. The van der Waals surface area contributed by atoms with Gasteiger partial charge in [-0.25, -0.2) is 0 Å². The second kappa shape index (κ2) is 9.26. The molecule has 1 fully saturated rings. The van der Waals surface area contributed by atoms with E-state index in [2.05, 4.69) is 26.1 Å². The van der Waals surface area contributed by atoms with Gasteiger partial charge in [-0.2, -0.15) is 0 Å². The van der Waals surface area contributed by atoms with Crippen molar-refractivity contribution >= 4 is 11.9 Å². The summed E-state index contributed by atoms with van der Waals surface area (Å²) in [5.74, 6) is -1.41. The standard InChI is InChI=1S/C18H33NO4/c1-13-11-14(12-18(2,3)19-13)15(17(22)23)9-7-5-4-6-8-10-16(20)21/h13-15,19H,4-12H2,1-3H3,(H,20,21)(H,22,23). The van der Waals surface area contributed by atoms with Crippen molar-refractivity contribution in [2.45, 2.75) is 90.1 Å². The molecule has 1 aliphatic rings. The number of carboxylic acids is 2. The molecule has 0 spiro atoms. The van der Waals surface area contributed by atoms with E-state index in [0.717, 1.165) is 51.4 Å². The highest BCUT2D eigenvalue weighted by Gasteiger charge is 2.37. The molecule has 0 aromatic carbocycles. The van der Waals surface area contributed by atoms with Gasteiger partial charge in [0.05, 0.1) is 5.92 Å². The molecule has 0 radical (unpaired) electrons. The zero-order valence-corrected chi connectivity index (χ0v) is 14.8. The van der Waals surface area contributed by atoms with Crippen molar-refractivity contribution in [3.8, 4) is 0 Å². The van der Waals surface area contributed by atoms with Crippen LogP contribution in [0.1, 0.15) is 78.6 Å². The van der Waals surface area contributed by atoms with E-state index in [9.17, 15) is 14.7 Å². The van der Waals surface area contributed by atoms with Crippen LogP contribution in [0, 0.1) is 11.8 Å². The third kappa shape index (κ3) is 7.82. The van der Waals surface area contributed by atoms with Crippen molar-refractivity contribution in [2.24, 2.45) is 11.8 Å². The molecule has 1 aliphatic heterocycles. The summed E-state index contributed by atoms with van der Waals surface area (Å²) in [5.41, 5.74) is 0.00681. The minimum Gasteiger partial charge on any atom is -0.481 e. The molecule has 0 aromatic heterocycles. The fraction of sp³-hybridized carbons (Fsp3) is 0.889. The Morgan fingerprint density at radius 1 is 1.13 bits per heavy atom. The number of carboxylic acid groups (broad SMARTS) is 2. The smallest absolute Gasteiger partial charge is 0.306 e. The van der Waals surface area contributed by atoms with Crippen molar-refractivity contribution < 1.29 is 19.8 Å². The number of unbranched alkanes of at least 4 members (excludes halogenated alkanes) is 4. The van der Waals surface area contributed by atoms with E-state index in [4.69, 9.17) is 5.11 Å². The Labute approximate surface area is 139 Å². The van der Waals surface area contributed by atoms with Gasteiger partial charge in [-0.1, -0.05) is 25.7 Å². The van der Waals surface area contributed by atoms with Gasteiger partial charge in [0.2, 0.25) is 0 Å². The van der Waals surface area contributed by atoms with Gasteiger partial charge in [0.1, 0.15) is 0 Å². The number of aliphatic carboxylic acids is 2. The fourth-order valence-corrected chi connectivity index (χ4v) is 4.02. The Kier molecular flexibility index (Phi) is 8.03. The first-order chi connectivity index (χ1) is 10.7. The molecule has 3 atom stereocenters. The predicted molar refractivity (Wildman–Crippen MR) is 90.5 cm³/mol. The summed E-state index contributed by atoms with van der Waals surface area (Å²) in [6, 6.07) is 0.363. The Balaban J connectivity index is 2.35. The maximum Gasteiger partial charge on any atom is 0.306 e. The van der Waals surface area contributed by atoms with E-state index in [-0.39, 0.29) is 23.8 Å². The van der Waals surface area contributed by atoms with E-state index in [1.807, 2.05) is 0 Å². The topological polar surface area (TPSA) is 86.6 Å². The first-order valence-electron chi connectivity index (χ1n) is 8.93. The van der Waals surface area contributed by atoms with Gasteiger partial charge in [0.15, 0.2) is 0 Å². The van der Waals surface area contributed by atoms with Crippen molar-refractivity contribution in [3.63, 3.8) is 0 Å². The molecule has 1 rings (SSSR count). The van der Waals surface area contributed by atoms with Crippen molar-refractivity contribution in [3.05, 3.63) is 0 Å². The van der Waals surface area contributed by atoms with Crippen LogP contribution < -0.4 is 5.32 Å². The molecule has 0 amide bonds. The van der Waals surface area contributed by atoms with Crippen LogP contribution in [-0.4, -0.2) is 33.7 Å². The molecule has 5 heteroatoms. The average molecular weight is 327 g/mol. The number of rotatable bonds is 10. The summed E-state index contributed by atoms with van der Waals surface area (Å²) in [5, 5.41) is 21.7. The molecule has 23 heavy (non-hydrogen) atoms. The molecule has 3 unspecified atom stereocenters. The molecule has 1 saturated heterocycles. The molecule has 3 N–H and O–H groups in total. The molecule has 0 bridgehead atoms. The predicted octanol–water partition coefficient (Wildman–Crippen LogP) is 3.67. The molecular formula is C18H33NO4. The normalized spacial score (nSPS) is 25.0. The van der Waals surface area contributed by atoms with E-state index < -0.39 is 11.9 Å². The van der Waals surface area contributed by atoms with Gasteiger partial charge in [-0.3, -0.25) is 9.59 Å². The Morgan fingerprint density at radius 2 is 1.74 bits per heavy atom. The Morgan fingerprint density at radius 3 is 2.30 bits per heavy atom. The molecule has 134 valence electrons. The van der Waals surface area contributed by atoms with Crippen LogP contribution in [0.3, 0.4) is 0 Å². The largest absolute Gasteiger partial charge is 0.481 e. The van der Waals surface area contributed by atoms with Crippen LogP contribution in [0.4, 0.5) is 0 Å². The Bertz CT molecular complexity index is 394. The second-order valence-electron chi connectivity index (χ2n) is 7.77. The van der Waals surface area contributed by atoms with Gasteiger partial charge >= 0.3 is 11.9 Å². The Hall–Kier alpha value is -1.10. The van der Waals surface area contributed by atoms with Crippen LogP contribution in [0.2, 0.25) is 0 Å². The first kappa shape index (κ1) is 19.9. The summed E-state index contributed by atoms with van der Waals surface area (Å²) < 4.78 is 0. The van der Waals surface area contributed by atoms with Gasteiger partial charge in [-0.05, 0) is 52.4 Å². The molecule has 0 aliphatic carbocycles. The van der Waals surface area contributed by atoms with Crippen LogP contribution in [0.15, 0.2) is 0 Å². The lowest BCUT2D eigenvalue weighted by molar-refractivity contribution is -0.145. The zero-order valence-electron chi connectivity index (χ0n) is 14.8. The maximum atomic E-state index is 11.7. The average Bonchev–Trinajstić information content (AvgIpc) is 2.38. The van der Waals surface area contributed by atoms with Crippen molar-refractivity contribution in [2.75, 3.05) is 0 Å². The zero-order chi connectivity index (χ0) is 17.5. The van der Waals surface area contributed by atoms with Gasteiger partial charge < -0.3 is 15.5 Å². The van der Waals surface area contributed by atoms with E-state index >= 15 is 0 Å². The highest BCUT2D eigenvalue weighted by atomic mass is 16.4. The number of hydrogen-bond donors (Lipinski definition) is 3. The van der Waals surface area contributed by atoms with Gasteiger partial charge in [0.25, 0.3) is 0 Å². The molecular weight excluding hydrogens is 294 g/mol. The summed E-state index contributed by atoms with van der Waals surface area (Å²) in [6.07, 6.45) is 7.36.